The third-order valence-electron chi connectivity index (χ3n) is 2.88. The van der Waals surface area contributed by atoms with Crippen molar-refractivity contribution in [2.24, 2.45) is 0 Å². The first-order valence-corrected chi connectivity index (χ1v) is 6.04. The van der Waals surface area contributed by atoms with Crippen LogP contribution in [0.25, 0.3) is 0 Å². The van der Waals surface area contributed by atoms with Crippen LogP contribution in [-0.4, -0.2) is 17.8 Å². The third-order valence-corrected chi connectivity index (χ3v) is 2.88. The van der Waals surface area contributed by atoms with E-state index in [1.165, 1.54) is 16.7 Å². The van der Waals surface area contributed by atoms with Crippen molar-refractivity contribution in [1.82, 2.24) is 5.32 Å². The summed E-state index contributed by atoms with van der Waals surface area (Å²) in [5.74, 6) is 0. The van der Waals surface area contributed by atoms with Crippen molar-refractivity contribution in [3.8, 4) is 0 Å². The summed E-state index contributed by atoms with van der Waals surface area (Å²) in [4.78, 5) is 0. The fourth-order valence-corrected chi connectivity index (χ4v) is 1.67. The molecular weight excluding hydrogens is 198 g/mol. The van der Waals surface area contributed by atoms with Crippen LogP contribution in [0.3, 0.4) is 0 Å². The second-order valence-electron chi connectivity index (χ2n) is 4.59. The molecule has 0 radical (unpaired) electrons. The molecule has 0 aliphatic rings. The molecule has 2 heteroatoms. The Balaban J connectivity index is 2.24. The lowest BCUT2D eigenvalue weighted by molar-refractivity contribution is 0.181. The molecule has 0 bridgehead atoms. The number of hydrogen-bond donors (Lipinski definition) is 2. The van der Waals surface area contributed by atoms with Crippen molar-refractivity contribution in [2.75, 3.05) is 6.54 Å². The van der Waals surface area contributed by atoms with Crippen LogP contribution in [0.15, 0.2) is 18.2 Å². The predicted octanol–water partition coefficient (Wildman–Crippen LogP) is 2.55. The van der Waals surface area contributed by atoms with Gasteiger partial charge in [0.2, 0.25) is 0 Å². The van der Waals surface area contributed by atoms with Crippen molar-refractivity contribution in [2.45, 2.75) is 46.3 Å². The lowest BCUT2D eigenvalue weighted by Crippen LogP contribution is -2.16. The summed E-state index contributed by atoms with van der Waals surface area (Å²) in [6.45, 7) is 8.00. The standard InChI is InChI=1S/C14H23NO/c1-11-6-7-14(9-12(11)2)10-15-8-4-5-13(3)16/h6-7,9,13,15-16H,4-5,8,10H2,1-3H3. The fraction of sp³-hybridized carbons (Fsp3) is 0.571. The second kappa shape index (κ2) is 6.66. The van der Waals surface area contributed by atoms with Crippen molar-refractivity contribution in [1.29, 1.82) is 0 Å². The summed E-state index contributed by atoms with van der Waals surface area (Å²) in [6, 6.07) is 6.57. The van der Waals surface area contributed by atoms with Crippen LogP contribution in [0.5, 0.6) is 0 Å². The van der Waals surface area contributed by atoms with E-state index in [4.69, 9.17) is 5.11 Å². The summed E-state index contributed by atoms with van der Waals surface area (Å²) in [5, 5.41) is 12.5. The lowest BCUT2D eigenvalue weighted by atomic mass is 10.1. The van der Waals surface area contributed by atoms with E-state index in [2.05, 4.69) is 37.4 Å². The first-order chi connectivity index (χ1) is 7.59. The van der Waals surface area contributed by atoms with E-state index >= 15 is 0 Å². The van der Waals surface area contributed by atoms with Gasteiger partial charge < -0.3 is 10.4 Å². The highest BCUT2D eigenvalue weighted by molar-refractivity contribution is 5.29. The lowest BCUT2D eigenvalue weighted by Gasteiger charge is -2.08. The molecule has 1 unspecified atom stereocenters. The molecule has 16 heavy (non-hydrogen) atoms. The number of hydrogen-bond acceptors (Lipinski definition) is 2. The Kier molecular flexibility index (Phi) is 5.50. The van der Waals surface area contributed by atoms with E-state index < -0.39 is 0 Å². The van der Waals surface area contributed by atoms with E-state index in [1.54, 1.807) is 0 Å². The maximum Gasteiger partial charge on any atom is 0.0512 e. The molecule has 2 nitrogen and oxygen atoms in total. The van der Waals surface area contributed by atoms with Gasteiger partial charge in [-0.3, -0.25) is 0 Å². The Hall–Kier alpha value is -0.860. The summed E-state index contributed by atoms with van der Waals surface area (Å²) < 4.78 is 0. The van der Waals surface area contributed by atoms with E-state index in [0.29, 0.717) is 0 Å². The molecule has 0 aliphatic heterocycles. The van der Waals surface area contributed by atoms with Crippen LogP contribution in [0.4, 0.5) is 0 Å². The number of aliphatic hydroxyl groups excluding tert-OH is 1. The number of benzene rings is 1. The molecule has 2 N–H and O–H groups in total. The van der Waals surface area contributed by atoms with Gasteiger partial charge in [-0.25, -0.2) is 0 Å². The summed E-state index contributed by atoms with van der Waals surface area (Å²) >= 11 is 0. The normalized spacial score (nSPS) is 12.8. The van der Waals surface area contributed by atoms with Gasteiger partial charge in [0, 0.05) is 6.54 Å². The van der Waals surface area contributed by atoms with Gasteiger partial charge in [-0.1, -0.05) is 18.2 Å². The Morgan fingerprint density at radius 2 is 2.00 bits per heavy atom. The SMILES string of the molecule is Cc1ccc(CNCCCC(C)O)cc1C. The Morgan fingerprint density at radius 1 is 1.25 bits per heavy atom. The smallest absolute Gasteiger partial charge is 0.0512 e. The Morgan fingerprint density at radius 3 is 2.62 bits per heavy atom. The van der Waals surface area contributed by atoms with Gasteiger partial charge in [0.25, 0.3) is 0 Å². The largest absolute Gasteiger partial charge is 0.393 e. The predicted molar refractivity (Wildman–Crippen MR) is 68.5 cm³/mol. The topological polar surface area (TPSA) is 32.3 Å². The summed E-state index contributed by atoms with van der Waals surface area (Å²) in [6.07, 6.45) is 1.73. The van der Waals surface area contributed by atoms with Gasteiger partial charge in [0.15, 0.2) is 0 Å². The first-order valence-electron chi connectivity index (χ1n) is 6.04. The maximum atomic E-state index is 9.11. The molecule has 0 heterocycles. The molecular formula is C14H23NO. The molecule has 0 aromatic heterocycles. The summed E-state index contributed by atoms with van der Waals surface area (Å²) in [7, 11) is 0. The van der Waals surface area contributed by atoms with Crippen LogP contribution in [-0.2, 0) is 6.54 Å². The minimum Gasteiger partial charge on any atom is -0.393 e. The Bertz CT molecular complexity index is 321. The van der Waals surface area contributed by atoms with Crippen LogP contribution in [0, 0.1) is 13.8 Å². The zero-order valence-corrected chi connectivity index (χ0v) is 10.6. The quantitative estimate of drug-likeness (QED) is 0.724. The maximum absolute atomic E-state index is 9.11. The fourth-order valence-electron chi connectivity index (χ4n) is 1.67. The van der Waals surface area contributed by atoms with Crippen LogP contribution >= 0.6 is 0 Å². The molecule has 1 aromatic rings. The zero-order valence-electron chi connectivity index (χ0n) is 10.6. The third kappa shape index (κ3) is 4.77. The number of nitrogens with one attached hydrogen (secondary N) is 1. The van der Waals surface area contributed by atoms with E-state index in [1.807, 2.05) is 6.92 Å². The average Bonchev–Trinajstić information content (AvgIpc) is 2.22. The molecule has 90 valence electrons. The molecule has 0 aliphatic carbocycles. The van der Waals surface area contributed by atoms with Crippen LogP contribution in [0.1, 0.15) is 36.5 Å². The van der Waals surface area contributed by atoms with Gasteiger partial charge >= 0.3 is 0 Å². The van der Waals surface area contributed by atoms with E-state index in [-0.39, 0.29) is 6.10 Å². The highest BCUT2D eigenvalue weighted by atomic mass is 16.3. The minimum absolute atomic E-state index is 0.177. The number of aliphatic hydroxyl groups is 1. The van der Waals surface area contributed by atoms with Crippen LogP contribution < -0.4 is 5.32 Å². The van der Waals surface area contributed by atoms with Crippen molar-refractivity contribution in [3.05, 3.63) is 34.9 Å². The molecule has 0 saturated carbocycles. The van der Waals surface area contributed by atoms with Crippen molar-refractivity contribution < 1.29 is 5.11 Å². The summed E-state index contributed by atoms with van der Waals surface area (Å²) in [5.41, 5.74) is 4.03. The highest BCUT2D eigenvalue weighted by Crippen LogP contribution is 2.09. The molecule has 1 atom stereocenters. The average molecular weight is 221 g/mol. The number of aryl methyl sites for hydroxylation is 2. The van der Waals surface area contributed by atoms with Gasteiger partial charge in [-0.15, -0.1) is 0 Å². The monoisotopic (exact) mass is 221 g/mol. The second-order valence-corrected chi connectivity index (χ2v) is 4.59. The molecule has 0 amide bonds. The van der Waals surface area contributed by atoms with E-state index in [9.17, 15) is 0 Å². The number of rotatable bonds is 6. The van der Waals surface area contributed by atoms with Gasteiger partial charge in [-0.05, 0) is 56.8 Å². The van der Waals surface area contributed by atoms with Crippen LogP contribution in [0.2, 0.25) is 0 Å². The minimum atomic E-state index is -0.177. The van der Waals surface area contributed by atoms with Gasteiger partial charge in [0.05, 0.1) is 6.10 Å². The molecule has 0 spiro atoms. The van der Waals surface area contributed by atoms with Crippen molar-refractivity contribution >= 4 is 0 Å². The first kappa shape index (κ1) is 13.2. The molecule has 1 rings (SSSR count). The molecule has 0 fully saturated rings. The van der Waals surface area contributed by atoms with Gasteiger partial charge in [0.1, 0.15) is 0 Å². The van der Waals surface area contributed by atoms with Crippen molar-refractivity contribution in [3.63, 3.8) is 0 Å². The zero-order chi connectivity index (χ0) is 12.0. The molecule has 1 aromatic carbocycles. The molecule has 0 saturated heterocycles. The van der Waals surface area contributed by atoms with Gasteiger partial charge in [-0.2, -0.15) is 0 Å². The Labute approximate surface area is 98.7 Å². The highest BCUT2D eigenvalue weighted by Gasteiger charge is 1.97. The van der Waals surface area contributed by atoms with E-state index in [0.717, 1.165) is 25.9 Å².